The highest BCUT2D eigenvalue weighted by atomic mass is 32.2. The number of carbonyl (C=O) groups excluding carboxylic acids is 1. The third-order valence-corrected chi connectivity index (χ3v) is 2.11. The van der Waals surface area contributed by atoms with Crippen LogP contribution in [0.15, 0.2) is 24.3 Å². The smallest absolute Gasteiger partial charge is 0.307 e. The second-order valence-electron chi connectivity index (χ2n) is 3.02. The Hall–Kier alpha value is -2.07. The number of rotatable bonds is 2. The van der Waals surface area contributed by atoms with Gasteiger partial charge in [0.1, 0.15) is 0 Å². The van der Waals surface area contributed by atoms with Crippen LogP contribution in [0.2, 0.25) is 0 Å². The van der Waals surface area contributed by atoms with Crippen molar-refractivity contribution >= 4 is 21.7 Å². The molecule has 0 radical (unpaired) electrons. The van der Waals surface area contributed by atoms with Gasteiger partial charge in [-0.15, -0.1) is 0 Å². The first-order chi connectivity index (χ1) is 7.40. The van der Waals surface area contributed by atoms with Gasteiger partial charge in [-0.2, -0.15) is 5.26 Å². The number of hydrogen-bond donors (Lipinski definition) is 2. The third-order valence-electron chi connectivity index (χ3n) is 1.55. The minimum Gasteiger partial charge on any atom is -0.307 e. The molecule has 7 heteroatoms. The first-order valence-corrected chi connectivity index (χ1v) is 6.09. The normalized spacial score (nSPS) is 10.2. The van der Waals surface area contributed by atoms with Gasteiger partial charge in [0.25, 0.3) is 0 Å². The highest BCUT2D eigenvalue weighted by Crippen LogP contribution is 2.08. The molecule has 0 aliphatic heterocycles. The van der Waals surface area contributed by atoms with Gasteiger partial charge in [0.05, 0.1) is 17.9 Å². The van der Waals surface area contributed by atoms with Crippen LogP contribution in [0.5, 0.6) is 0 Å². The fourth-order valence-corrected chi connectivity index (χ4v) is 1.34. The number of benzene rings is 1. The summed E-state index contributed by atoms with van der Waals surface area (Å²) in [5.41, 5.74) is 0.856. The number of carbonyl (C=O) groups is 1. The molecule has 6 nitrogen and oxygen atoms in total. The lowest BCUT2D eigenvalue weighted by Crippen LogP contribution is -2.33. The van der Waals surface area contributed by atoms with Crippen molar-refractivity contribution in [1.82, 2.24) is 4.72 Å². The molecular weight excluding hydrogens is 230 g/mol. The summed E-state index contributed by atoms with van der Waals surface area (Å²) < 4.78 is 23.2. The Kier molecular flexibility index (Phi) is 3.48. The number of urea groups is 1. The van der Waals surface area contributed by atoms with Gasteiger partial charge >= 0.3 is 6.03 Å². The monoisotopic (exact) mass is 239 g/mol. The first-order valence-electron chi connectivity index (χ1n) is 4.19. The molecule has 0 aliphatic carbocycles. The van der Waals surface area contributed by atoms with Crippen LogP contribution < -0.4 is 10.0 Å². The van der Waals surface area contributed by atoms with E-state index in [2.05, 4.69) is 5.32 Å². The van der Waals surface area contributed by atoms with E-state index >= 15 is 0 Å². The number of anilines is 1. The summed E-state index contributed by atoms with van der Waals surface area (Å²) >= 11 is 0. The minimum absolute atomic E-state index is 0.403. The van der Waals surface area contributed by atoms with Gasteiger partial charge in [0, 0.05) is 5.69 Å². The molecule has 0 atom stereocenters. The van der Waals surface area contributed by atoms with E-state index < -0.39 is 16.1 Å². The number of nitrogens with zero attached hydrogens (tertiary/aromatic N) is 1. The highest BCUT2D eigenvalue weighted by Gasteiger charge is 2.07. The zero-order chi connectivity index (χ0) is 12.2. The van der Waals surface area contributed by atoms with Crippen molar-refractivity contribution in [3.8, 4) is 6.07 Å². The van der Waals surface area contributed by atoms with Gasteiger partial charge in [0.2, 0.25) is 10.0 Å². The third kappa shape index (κ3) is 3.98. The molecule has 0 fully saturated rings. The second kappa shape index (κ2) is 4.63. The molecule has 0 saturated carbocycles. The number of sulfonamides is 1. The fourth-order valence-electron chi connectivity index (χ4n) is 0.953. The number of nitriles is 1. The summed E-state index contributed by atoms with van der Waals surface area (Å²) in [6, 6.07) is 7.10. The van der Waals surface area contributed by atoms with Crippen LogP contribution in [-0.4, -0.2) is 20.7 Å². The first kappa shape index (κ1) is 12.0. The van der Waals surface area contributed by atoms with E-state index in [4.69, 9.17) is 5.26 Å². The molecule has 0 heterocycles. The molecule has 1 rings (SSSR count). The van der Waals surface area contributed by atoms with Crippen molar-refractivity contribution < 1.29 is 13.2 Å². The molecule has 0 aliphatic rings. The Morgan fingerprint density at radius 3 is 2.31 bits per heavy atom. The van der Waals surface area contributed by atoms with Gasteiger partial charge in [-0.1, -0.05) is 0 Å². The zero-order valence-electron chi connectivity index (χ0n) is 8.39. The van der Waals surface area contributed by atoms with E-state index in [1.165, 1.54) is 24.3 Å². The maximum atomic E-state index is 11.1. The largest absolute Gasteiger partial charge is 0.332 e. The molecule has 84 valence electrons. The van der Waals surface area contributed by atoms with Gasteiger partial charge in [0.15, 0.2) is 0 Å². The summed E-state index contributed by atoms with van der Waals surface area (Å²) in [4.78, 5) is 11.1. The molecule has 0 spiro atoms. The molecule has 2 amide bonds. The maximum Gasteiger partial charge on any atom is 0.332 e. The van der Waals surface area contributed by atoms with Gasteiger partial charge in [-0.3, -0.25) is 0 Å². The van der Waals surface area contributed by atoms with Crippen LogP contribution >= 0.6 is 0 Å². The number of hydrogen-bond acceptors (Lipinski definition) is 4. The lowest BCUT2D eigenvalue weighted by molar-refractivity contribution is 0.256. The van der Waals surface area contributed by atoms with Crippen LogP contribution in [0, 0.1) is 11.3 Å². The molecule has 0 saturated heterocycles. The summed E-state index contributed by atoms with van der Waals surface area (Å²) in [7, 11) is -3.57. The van der Waals surface area contributed by atoms with Crippen molar-refractivity contribution in [3.05, 3.63) is 29.8 Å². The van der Waals surface area contributed by atoms with E-state index in [-0.39, 0.29) is 0 Å². The summed E-state index contributed by atoms with van der Waals surface area (Å²) in [6.45, 7) is 0. The molecule has 0 unspecified atom stereocenters. The number of amides is 2. The van der Waals surface area contributed by atoms with E-state index in [0.717, 1.165) is 6.26 Å². The van der Waals surface area contributed by atoms with Crippen molar-refractivity contribution in [2.24, 2.45) is 0 Å². The van der Waals surface area contributed by atoms with Crippen LogP contribution in [-0.2, 0) is 10.0 Å². The van der Waals surface area contributed by atoms with Gasteiger partial charge < -0.3 is 5.32 Å². The maximum absolute atomic E-state index is 11.1. The lowest BCUT2D eigenvalue weighted by atomic mass is 10.2. The highest BCUT2D eigenvalue weighted by molar-refractivity contribution is 7.89. The topological polar surface area (TPSA) is 99.1 Å². The lowest BCUT2D eigenvalue weighted by Gasteiger charge is -2.05. The van der Waals surface area contributed by atoms with E-state index in [9.17, 15) is 13.2 Å². The zero-order valence-corrected chi connectivity index (χ0v) is 9.21. The molecule has 2 N–H and O–H groups in total. The predicted octanol–water partition coefficient (Wildman–Crippen LogP) is 0.639. The van der Waals surface area contributed by atoms with Gasteiger partial charge in [-0.25, -0.2) is 17.9 Å². The van der Waals surface area contributed by atoms with Crippen molar-refractivity contribution in [2.45, 2.75) is 0 Å². The van der Waals surface area contributed by atoms with E-state index in [1.54, 1.807) is 4.72 Å². The van der Waals surface area contributed by atoms with E-state index in [0.29, 0.717) is 11.3 Å². The Balaban J connectivity index is 2.68. The standard InChI is InChI=1S/C9H9N3O3S/c1-16(14,15)12-9(13)11-8-4-2-7(6-10)3-5-8/h2-5H,1H3,(H2,11,12,13). The number of nitrogens with one attached hydrogen (secondary N) is 2. The molecule has 0 aromatic heterocycles. The molecule has 0 bridgehead atoms. The predicted molar refractivity (Wildman–Crippen MR) is 58.2 cm³/mol. The summed E-state index contributed by atoms with van der Waals surface area (Å²) in [5.74, 6) is 0. The quantitative estimate of drug-likeness (QED) is 0.791. The minimum atomic E-state index is -3.57. The van der Waals surface area contributed by atoms with Crippen molar-refractivity contribution in [3.63, 3.8) is 0 Å². The SMILES string of the molecule is CS(=O)(=O)NC(=O)Nc1ccc(C#N)cc1. The average molecular weight is 239 g/mol. The van der Waals surface area contributed by atoms with Crippen LogP contribution in [0.3, 0.4) is 0 Å². The summed E-state index contributed by atoms with van der Waals surface area (Å²) in [6.07, 6.45) is 0.880. The average Bonchev–Trinajstić information content (AvgIpc) is 2.16. The van der Waals surface area contributed by atoms with E-state index in [1.807, 2.05) is 6.07 Å². The Morgan fingerprint density at radius 2 is 1.88 bits per heavy atom. The van der Waals surface area contributed by atoms with Crippen LogP contribution in [0.25, 0.3) is 0 Å². The molecule has 1 aromatic carbocycles. The molecular formula is C9H9N3O3S. The Labute approximate surface area is 92.9 Å². The van der Waals surface area contributed by atoms with Crippen LogP contribution in [0.4, 0.5) is 10.5 Å². The Bertz CT molecular complexity index is 528. The Morgan fingerprint density at radius 1 is 1.31 bits per heavy atom. The molecule has 16 heavy (non-hydrogen) atoms. The summed E-state index contributed by atoms with van der Waals surface area (Å²) in [5, 5.41) is 10.8. The van der Waals surface area contributed by atoms with Crippen LogP contribution in [0.1, 0.15) is 5.56 Å². The van der Waals surface area contributed by atoms with Crippen molar-refractivity contribution in [2.75, 3.05) is 11.6 Å². The molecule has 1 aromatic rings. The van der Waals surface area contributed by atoms with Gasteiger partial charge in [-0.05, 0) is 24.3 Å². The fraction of sp³-hybridized carbons (Fsp3) is 0.111. The second-order valence-corrected chi connectivity index (χ2v) is 4.77. The van der Waals surface area contributed by atoms with Crippen molar-refractivity contribution in [1.29, 1.82) is 5.26 Å².